The minimum absolute atomic E-state index is 0.338. The third-order valence-corrected chi connectivity index (χ3v) is 2.94. The Balaban J connectivity index is 2.14. The summed E-state index contributed by atoms with van der Waals surface area (Å²) in [5.41, 5.74) is 0.875. The molecule has 0 spiro atoms. The fraction of sp³-hybridized carbons (Fsp3) is 0.118. The zero-order chi connectivity index (χ0) is 16.1. The molecule has 0 atom stereocenters. The van der Waals surface area contributed by atoms with Gasteiger partial charge in [-0.15, -0.1) is 0 Å². The highest BCUT2D eigenvalue weighted by Gasteiger charge is 2.16. The monoisotopic (exact) mass is 297 g/mol. The molecule has 2 aromatic rings. The molecule has 0 aliphatic carbocycles. The van der Waals surface area contributed by atoms with Gasteiger partial charge in [0.15, 0.2) is 0 Å². The van der Waals surface area contributed by atoms with Crippen LogP contribution < -0.4 is 9.64 Å². The summed E-state index contributed by atoms with van der Waals surface area (Å²) in [6.45, 7) is 2.62. The molecule has 112 valence electrons. The van der Waals surface area contributed by atoms with Gasteiger partial charge in [0, 0.05) is 13.8 Å². The van der Waals surface area contributed by atoms with Gasteiger partial charge in [0.05, 0.1) is 11.3 Å². The van der Waals surface area contributed by atoms with Crippen LogP contribution in [0.5, 0.6) is 5.75 Å². The Hall–Kier alpha value is -2.95. The Morgan fingerprint density at radius 1 is 0.818 bits per heavy atom. The van der Waals surface area contributed by atoms with E-state index in [2.05, 4.69) is 0 Å². The minimum atomic E-state index is -0.469. The molecule has 0 fully saturated rings. The van der Waals surface area contributed by atoms with Gasteiger partial charge in [-0.3, -0.25) is 14.5 Å². The van der Waals surface area contributed by atoms with Crippen LogP contribution >= 0.6 is 0 Å². The summed E-state index contributed by atoms with van der Waals surface area (Å²) in [6, 6.07) is 14.8. The maximum absolute atomic E-state index is 11.9. The van der Waals surface area contributed by atoms with Crippen LogP contribution in [0, 0.1) is 0 Å². The summed E-state index contributed by atoms with van der Waals surface area (Å²) in [6.07, 6.45) is 0. The van der Waals surface area contributed by atoms with Gasteiger partial charge in [-0.1, -0.05) is 18.2 Å². The van der Waals surface area contributed by atoms with E-state index in [1.54, 1.807) is 36.4 Å². The first-order chi connectivity index (χ1) is 10.5. The molecular formula is C17H15NO4. The van der Waals surface area contributed by atoms with E-state index in [4.69, 9.17) is 4.74 Å². The molecule has 2 aromatic carbocycles. The summed E-state index contributed by atoms with van der Waals surface area (Å²) in [5.74, 6) is -0.879. The van der Waals surface area contributed by atoms with E-state index >= 15 is 0 Å². The van der Waals surface area contributed by atoms with E-state index in [0.717, 1.165) is 4.90 Å². The van der Waals surface area contributed by atoms with E-state index in [1.807, 2.05) is 6.07 Å². The van der Waals surface area contributed by atoms with Crippen LogP contribution in [0.2, 0.25) is 0 Å². The smallest absolute Gasteiger partial charge is 0.343 e. The van der Waals surface area contributed by atoms with Crippen molar-refractivity contribution < 1.29 is 19.1 Å². The largest absolute Gasteiger partial charge is 0.423 e. The number of carbonyl (C=O) groups excluding carboxylic acids is 3. The number of nitrogens with zero attached hydrogens (tertiary/aromatic N) is 1. The Kier molecular flexibility index (Phi) is 4.68. The molecule has 0 unspecified atom stereocenters. The van der Waals surface area contributed by atoms with Gasteiger partial charge in [-0.25, -0.2) is 4.79 Å². The van der Waals surface area contributed by atoms with Crippen molar-refractivity contribution in [1.29, 1.82) is 0 Å². The van der Waals surface area contributed by atoms with E-state index < -0.39 is 5.97 Å². The maximum atomic E-state index is 11.9. The van der Waals surface area contributed by atoms with Crippen molar-refractivity contribution in [1.82, 2.24) is 0 Å². The molecular weight excluding hydrogens is 282 g/mol. The van der Waals surface area contributed by atoms with Gasteiger partial charge >= 0.3 is 5.97 Å². The van der Waals surface area contributed by atoms with Crippen molar-refractivity contribution in [3.63, 3.8) is 0 Å². The predicted octanol–water partition coefficient (Wildman–Crippen LogP) is 2.81. The second kappa shape index (κ2) is 6.67. The molecule has 0 bridgehead atoms. The van der Waals surface area contributed by atoms with E-state index in [-0.39, 0.29) is 11.8 Å². The lowest BCUT2D eigenvalue weighted by Gasteiger charge is -2.17. The lowest BCUT2D eigenvalue weighted by Crippen LogP contribution is -2.32. The van der Waals surface area contributed by atoms with Crippen LogP contribution in [0.3, 0.4) is 0 Å². The van der Waals surface area contributed by atoms with Crippen molar-refractivity contribution >= 4 is 23.5 Å². The predicted molar refractivity (Wildman–Crippen MR) is 81.7 cm³/mol. The SMILES string of the molecule is CC(=O)N(C(C)=O)c1ccc(OC(=O)c2ccccc2)cc1. The molecule has 5 nitrogen and oxygen atoms in total. The Morgan fingerprint density at radius 2 is 1.36 bits per heavy atom. The van der Waals surface area contributed by atoms with Gasteiger partial charge < -0.3 is 4.74 Å². The van der Waals surface area contributed by atoms with Crippen molar-refractivity contribution in [3.8, 4) is 5.75 Å². The fourth-order valence-electron chi connectivity index (χ4n) is 1.99. The highest BCUT2D eigenvalue weighted by Crippen LogP contribution is 2.20. The van der Waals surface area contributed by atoms with Gasteiger partial charge in [0.2, 0.25) is 11.8 Å². The topological polar surface area (TPSA) is 63.7 Å². The van der Waals surface area contributed by atoms with E-state index in [9.17, 15) is 14.4 Å². The van der Waals surface area contributed by atoms with Crippen molar-refractivity contribution in [3.05, 3.63) is 60.2 Å². The lowest BCUT2D eigenvalue weighted by atomic mass is 10.2. The second-order valence-corrected chi connectivity index (χ2v) is 4.62. The number of carbonyl (C=O) groups is 3. The molecule has 22 heavy (non-hydrogen) atoms. The number of anilines is 1. The highest BCUT2D eigenvalue weighted by molar-refractivity contribution is 6.13. The molecule has 0 saturated heterocycles. The zero-order valence-electron chi connectivity index (χ0n) is 12.3. The van der Waals surface area contributed by atoms with Crippen LogP contribution in [0.4, 0.5) is 5.69 Å². The molecule has 0 aromatic heterocycles. The Labute approximate surface area is 128 Å². The number of amides is 2. The molecule has 2 rings (SSSR count). The van der Waals surface area contributed by atoms with Crippen LogP contribution in [0.15, 0.2) is 54.6 Å². The van der Waals surface area contributed by atoms with E-state index in [1.165, 1.54) is 26.0 Å². The molecule has 0 saturated carbocycles. The van der Waals surface area contributed by atoms with Crippen molar-refractivity contribution in [2.75, 3.05) is 4.90 Å². The second-order valence-electron chi connectivity index (χ2n) is 4.62. The van der Waals surface area contributed by atoms with Crippen LogP contribution in [0.1, 0.15) is 24.2 Å². The molecule has 0 heterocycles. The molecule has 0 radical (unpaired) electrons. The fourth-order valence-corrected chi connectivity index (χ4v) is 1.99. The van der Waals surface area contributed by atoms with E-state index in [0.29, 0.717) is 17.0 Å². The van der Waals surface area contributed by atoms with Crippen molar-refractivity contribution in [2.24, 2.45) is 0 Å². The molecule has 0 aliphatic heterocycles. The van der Waals surface area contributed by atoms with Gasteiger partial charge in [0.1, 0.15) is 5.75 Å². The van der Waals surface area contributed by atoms with Crippen LogP contribution in [-0.4, -0.2) is 17.8 Å². The first kappa shape index (κ1) is 15.4. The number of benzene rings is 2. The number of hydrogen-bond acceptors (Lipinski definition) is 4. The number of ether oxygens (including phenoxy) is 1. The summed E-state index contributed by atoms with van der Waals surface area (Å²) in [7, 11) is 0. The summed E-state index contributed by atoms with van der Waals surface area (Å²) in [5, 5.41) is 0. The van der Waals surface area contributed by atoms with Crippen molar-refractivity contribution in [2.45, 2.75) is 13.8 Å². The molecule has 5 heteroatoms. The normalized spacial score (nSPS) is 9.91. The lowest BCUT2D eigenvalue weighted by molar-refractivity contribution is -0.124. The highest BCUT2D eigenvalue weighted by atomic mass is 16.5. The number of hydrogen-bond donors (Lipinski definition) is 0. The summed E-state index contributed by atoms with van der Waals surface area (Å²) < 4.78 is 5.23. The average Bonchev–Trinajstić information content (AvgIpc) is 2.49. The third kappa shape index (κ3) is 3.58. The Morgan fingerprint density at radius 3 is 1.86 bits per heavy atom. The molecule has 2 amide bonds. The zero-order valence-corrected chi connectivity index (χ0v) is 12.3. The first-order valence-electron chi connectivity index (χ1n) is 6.67. The maximum Gasteiger partial charge on any atom is 0.343 e. The summed E-state index contributed by atoms with van der Waals surface area (Å²) >= 11 is 0. The first-order valence-corrected chi connectivity index (χ1v) is 6.67. The van der Waals surface area contributed by atoms with Gasteiger partial charge in [-0.2, -0.15) is 0 Å². The minimum Gasteiger partial charge on any atom is -0.423 e. The summed E-state index contributed by atoms with van der Waals surface area (Å²) in [4.78, 5) is 35.9. The number of imide groups is 1. The Bertz CT molecular complexity index is 678. The third-order valence-electron chi connectivity index (χ3n) is 2.94. The molecule has 0 N–H and O–H groups in total. The average molecular weight is 297 g/mol. The number of esters is 1. The standard InChI is InChI=1S/C17H15NO4/c1-12(19)18(13(2)20)15-8-10-16(11-9-15)22-17(21)14-6-4-3-5-7-14/h3-11H,1-2H3. The number of rotatable bonds is 3. The quantitative estimate of drug-likeness (QED) is 0.645. The van der Waals surface area contributed by atoms with Gasteiger partial charge in [-0.05, 0) is 36.4 Å². The molecule has 0 aliphatic rings. The van der Waals surface area contributed by atoms with Crippen LogP contribution in [0.25, 0.3) is 0 Å². The van der Waals surface area contributed by atoms with Crippen LogP contribution in [-0.2, 0) is 9.59 Å². The van der Waals surface area contributed by atoms with Gasteiger partial charge in [0.25, 0.3) is 0 Å².